The van der Waals surface area contributed by atoms with Gasteiger partial charge in [-0.25, -0.2) is 8.42 Å². The van der Waals surface area contributed by atoms with Gasteiger partial charge in [-0.1, -0.05) is 0 Å². The van der Waals surface area contributed by atoms with E-state index in [4.69, 9.17) is 9.52 Å². The van der Waals surface area contributed by atoms with Gasteiger partial charge in [0.15, 0.2) is 0 Å². The lowest BCUT2D eigenvalue weighted by Gasteiger charge is -2.10. The number of rotatable bonds is 5. The quantitative estimate of drug-likeness (QED) is 0.875. The van der Waals surface area contributed by atoms with Gasteiger partial charge in [0, 0.05) is 5.56 Å². The van der Waals surface area contributed by atoms with Crippen molar-refractivity contribution in [1.29, 1.82) is 0 Å². The first-order valence-corrected chi connectivity index (χ1v) is 7.27. The van der Waals surface area contributed by atoms with Crippen LogP contribution in [0.5, 0.6) is 0 Å². The Morgan fingerprint density at radius 1 is 1.25 bits per heavy atom. The van der Waals surface area contributed by atoms with Crippen LogP contribution in [0, 0.1) is 0 Å². The van der Waals surface area contributed by atoms with Gasteiger partial charge in [-0.05, 0) is 43.3 Å². The second-order valence-electron chi connectivity index (χ2n) is 4.18. The zero-order valence-electron chi connectivity index (χ0n) is 10.6. The molecule has 2 rings (SSSR count). The van der Waals surface area contributed by atoms with E-state index in [0.29, 0.717) is 5.76 Å². The largest absolute Gasteiger partial charge is 0.480 e. The predicted octanol–water partition coefficient (Wildman–Crippen LogP) is 1.70. The summed E-state index contributed by atoms with van der Waals surface area (Å²) in [6, 6.07) is 8.29. The van der Waals surface area contributed by atoms with Gasteiger partial charge in [0.2, 0.25) is 10.0 Å². The molecule has 0 amide bonds. The summed E-state index contributed by atoms with van der Waals surface area (Å²) in [6.07, 6.45) is 1.52. The molecule has 20 heavy (non-hydrogen) atoms. The highest BCUT2D eigenvalue weighted by molar-refractivity contribution is 7.89. The summed E-state index contributed by atoms with van der Waals surface area (Å²) < 4.78 is 31.2. The fraction of sp³-hybridized carbons (Fsp3) is 0.154. The van der Waals surface area contributed by atoms with Crippen molar-refractivity contribution in [1.82, 2.24) is 4.72 Å². The fourth-order valence-corrected chi connectivity index (χ4v) is 2.79. The molecule has 0 aliphatic rings. The summed E-state index contributed by atoms with van der Waals surface area (Å²) in [7, 11) is -3.85. The third kappa shape index (κ3) is 3.06. The molecular weight excluding hydrogens is 282 g/mol. The summed E-state index contributed by atoms with van der Waals surface area (Å²) in [5.74, 6) is -0.610. The number of aliphatic carboxylic acids is 1. The average molecular weight is 295 g/mol. The molecule has 1 aromatic heterocycles. The van der Waals surface area contributed by atoms with Crippen molar-refractivity contribution < 1.29 is 22.7 Å². The van der Waals surface area contributed by atoms with Gasteiger partial charge in [0.1, 0.15) is 11.8 Å². The van der Waals surface area contributed by atoms with E-state index < -0.39 is 22.0 Å². The molecule has 0 saturated heterocycles. The molecule has 106 valence electrons. The normalized spacial score (nSPS) is 13.1. The minimum absolute atomic E-state index is 0.000839. The summed E-state index contributed by atoms with van der Waals surface area (Å²) in [6.45, 7) is 1.26. The lowest BCUT2D eigenvalue weighted by atomic mass is 10.2. The van der Waals surface area contributed by atoms with Crippen molar-refractivity contribution in [2.24, 2.45) is 0 Å². The maximum Gasteiger partial charge on any atom is 0.321 e. The molecule has 2 N–H and O–H groups in total. The zero-order chi connectivity index (χ0) is 14.8. The van der Waals surface area contributed by atoms with Gasteiger partial charge in [-0.2, -0.15) is 4.72 Å². The van der Waals surface area contributed by atoms with Crippen LogP contribution in [-0.4, -0.2) is 25.5 Å². The second-order valence-corrected chi connectivity index (χ2v) is 5.90. The Morgan fingerprint density at radius 3 is 2.40 bits per heavy atom. The molecule has 7 heteroatoms. The number of carbonyl (C=O) groups is 1. The lowest BCUT2D eigenvalue weighted by Crippen LogP contribution is -2.38. The monoisotopic (exact) mass is 295 g/mol. The standard InChI is InChI=1S/C13H13NO5S/c1-9(13(15)16)14-20(17,18)11-6-4-10(5-7-11)12-3-2-8-19-12/h2-9,14H,1H3,(H,15,16). The number of hydrogen-bond donors (Lipinski definition) is 2. The van der Waals surface area contributed by atoms with Crippen LogP contribution < -0.4 is 4.72 Å². The van der Waals surface area contributed by atoms with E-state index >= 15 is 0 Å². The zero-order valence-corrected chi connectivity index (χ0v) is 11.4. The SMILES string of the molecule is CC(NS(=O)(=O)c1ccc(-c2ccco2)cc1)C(=O)O. The number of nitrogens with one attached hydrogen (secondary N) is 1. The second kappa shape index (κ2) is 5.48. The summed E-state index contributed by atoms with van der Waals surface area (Å²) in [5.41, 5.74) is 0.736. The molecule has 1 aromatic carbocycles. The topological polar surface area (TPSA) is 96.6 Å². The van der Waals surface area contributed by atoms with Crippen molar-refractivity contribution in [3.05, 3.63) is 42.7 Å². The first-order chi connectivity index (χ1) is 9.40. The number of carboxylic acid groups (broad SMARTS) is 1. The van der Waals surface area contributed by atoms with Gasteiger partial charge < -0.3 is 9.52 Å². The van der Waals surface area contributed by atoms with Crippen LogP contribution in [0.2, 0.25) is 0 Å². The van der Waals surface area contributed by atoms with E-state index in [2.05, 4.69) is 4.72 Å². The molecule has 6 nitrogen and oxygen atoms in total. The van der Waals surface area contributed by atoms with E-state index in [-0.39, 0.29) is 4.90 Å². The molecular formula is C13H13NO5S. The third-order valence-electron chi connectivity index (χ3n) is 2.67. The lowest BCUT2D eigenvalue weighted by molar-refractivity contribution is -0.138. The van der Waals surface area contributed by atoms with E-state index in [9.17, 15) is 13.2 Å². The van der Waals surface area contributed by atoms with Crippen LogP contribution in [-0.2, 0) is 14.8 Å². The molecule has 0 fully saturated rings. The van der Waals surface area contributed by atoms with Crippen LogP contribution in [0.4, 0.5) is 0 Å². The molecule has 1 unspecified atom stereocenters. The van der Waals surface area contributed by atoms with Crippen molar-refractivity contribution in [2.75, 3.05) is 0 Å². The van der Waals surface area contributed by atoms with Crippen LogP contribution in [0.15, 0.2) is 52.0 Å². The predicted molar refractivity (Wildman–Crippen MR) is 71.6 cm³/mol. The number of benzene rings is 1. The third-order valence-corrected chi connectivity index (χ3v) is 4.23. The Morgan fingerprint density at radius 2 is 1.90 bits per heavy atom. The average Bonchev–Trinajstić information content (AvgIpc) is 2.92. The molecule has 2 aromatic rings. The Bertz CT molecular complexity index is 689. The fourth-order valence-electron chi connectivity index (χ4n) is 1.59. The van der Waals surface area contributed by atoms with Gasteiger partial charge in [-0.3, -0.25) is 4.79 Å². The van der Waals surface area contributed by atoms with E-state index in [1.54, 1.807) is 24.3 Å². The first-order valence-electron chi connectivity index (χ1n) is 5.79. The Balaban J connectivity index is 2.23. The molecule has 0 saturated carbocycles. The smallest absolute Gasteiger partial charge is 0.321 e. The Hall–Kier alpha value is -2.12. The van der Waals surface area contributed by atoms with E-state index in [1.165, 1.54) is 25.3 Å². The van der Waals surface area contributed by atoms with Gasteiger partial charge >= 0.3 is 5.97 Å². The Labute approximate surface area is 116 Å². The highest BCUT2D eigenvalue weighted by Crippen LogP contribution is 2.21. The van der Waals surface area contributed by atoms with Crippen molar-refractivity contribution in [3.8, 4) is 11.3 Å². The molecule has 0 aliphatic heterocycles. The van der Waals surface area contributed by atoms with Crippen molar-refractivity contribution in [2.45, 2.75) is 17.9 Å². The van der Waals surface area contributed by atoms with Crippen LogP contribution in [0.3, 0.4) is 0 Å². The van der Waals surface area contributed by atoms with Crippen molar-refractivity contribution >= 4 is 16.0 Å². The number of furan rings is 1. The van der Waals surface area contributed by atoms with Crippen LogP contribution >= 0.6 is 0 Å². The summed E-state index contributed by atoms with van der Waals surface area (Å²) in [4.78, 5) is 10.7. The van der Waals surface area contributed by atoms with E-state index in [1.807, 2.05) is 0 Å². The first kappa shape index (κ1) is 14.3. The van der Waals surface area contributed by atoms with Crippen LogP contribution in [0.25, 0.3) is 11.3 Å². The van der Waals surface area contributed by atoms with Crippen LogP contribution in [0.1, 0.15) is 6.92 Å². The molecule has 0 radical (unpaired) electrons. The molecule has 0 aliphatic carbocycles. The van der Waals surface area contributed by atoms with Gasteiger partial charge in [0.05, 0.1) is 11.2 Å². The summed E-state index contributed by atoms with van der Waals surface area (Å²) in [5, 5.41) is 8.72. The molecule has 1 atom stereocenters. The highest BCUT2D eigenvalue weighted by atomic mass is 32.2. The van der Waals surface area contributed by atoms with E-state index in [0.717, 1.165) is 5.56 Å². The Kier molecular flexibility index (Phi) is 3.91. The molecule has 0 spiro atoms. The minimum Gasteiger partial charge on any atom is -0.480 e. The molecule has 1 heterocycles. The number of carboxylic acids is 1. The summed E-state index contributed by atoms with van der Waals surface area (Å²) >= 11 is 0. The number of sulfonamides is 1. The maximum absolute atomic E-state index is 11.9. The maximum atomic E-state index is 11.9. The van der Waals surface area contributed by atoms with Gasteiger partial charge in [-0.15, -0.1) is 0 Å². The molecule has 0 bridgehead atoms. The van der Waals surface area contributed by atoms with Gasteiger partial charge in [0.25, 0.3) is 0 Å². The number of hydrogen-bond acceptors (Lipinski definition) is 4. The van der Waals surface area contributed by atoms with Crippen molar-refractivity contribution in [3.63, 3.8) is 0 Å². The minimum atomic E-state index is -3.85. The highest BCUT2D eigenvalue weighted by Gasteiger charge is 2.21.